The molecule has 2 aromatic heterocycles. The monoisotopic (exact) mass is 446 g/mol. The lowest BCUT2D eigenvalue weighted by Gasteiger charge is -2.25. The average molecular weight is 446 g/mol. The van der Waals surface area contributed by atoms with E-state index in [9.17, 15) is 23.3 Å². The molecule has 3 aromatic rings. The number of amides is 1. The van der Waals surface area contributed by atoms with E-state index in [2.05, 4.69) is 20.3 Å². The third-order valence-electron chi connectivity index (χ3n) is 4.39. The van der Waals surface area contributed by atoms with Crippen LogP contribution in [0, 0.1) is 10.1 Å². The van der Waals surface area contributed by atoms with Crippen LogP contribution in [-0.4, -0.2) is 45.1 Å². The number of anilines is 1. The number of carbonyl (C=O) groups is 1. The zero-order valence-corrected chi connectivity index (χ0v) is 16.9. The van der Waals surface area contributed by atoms with E-state index in [-0.39, 0.29) is 23.7 Å². The highest BCUT2D eigenvalue weighted by Gasteiger charge is 2.34. The number of nitrogens with zero attached hydrogens (tertiary/aromatic N) is 5. The summed E-state index contributed by atoms with van der Waals surface area (Å²) in [7, 11) is -4.07. The Morgan fingerprint density at radius 2 is 2.07 bits per heavy atom. The van der Waals surface area contributed by atoms with Crippen molar-refractivity contribution in [2.75, 3.05) is 11.9 Å². The number of benzene rings is 1. The van der Waals surface area contributed by atoms with Crippen molar-refractivity contribution < 1.29 is 18.1 Å². The number of aromatic nitrogens is 3. The topological polar surface area (TPSA) is 148 Å². The second-order valence-electron chi connectivity index (χ2n) is 6.25. The van der Waals surface area contributed by atoms with E-state index in [1.165, 1.54) is 41.1 Å². The van der Waals surface area contributed by atoms with Crippen molar-refractivity contribution in [3.05, 3.63) is 69.2 Å². The fourth-order valence-electron chi connectivity index (χ4n) is 2.97. The Morgan fingerprint density at radius 3 is 2.80 bits per heavy atom. The molecule has 30 heavy (non-hydrogen) atoms. The maximum absolute atomic E-state index is 13.0. The molecule has 1 amide bonds. The molecular formula is C17H14N6O5S2. The zero-order chi connectivity index (χ0) is 21.3. The highest BCUT2D eigenvalue weighted by atomic mass is 32.2. The van der Waals surface area contributed by atoms with Gasteiger partial charge in [0.15, 0.2) is 10.0 Å². The summed E-state index contributed by atoms with van der Waals surface area (Å²) >= 11 is 1.15. The zero-order valence-electron chi connectivity index (χ0n) is 15.3. The van der Waals surface area contributed by atoms with Crippen molar-refractivity contribution in [1.29, 1.82) is 0 Å². The molecule has 0 atom stereocenters. The fourth-order valence-corrected chi connectivity index (χ4v) is 5.64. The van der Waals surface area contributed by atoms with Crippen molar-refractivity contribution >= 4 is 38.1 Å². The number of nitro benzene ring substituents is 1. The van der Waals surface area contributed by atoms with Gasteiger partial charge in [-0.25, -0.2) is 18.4 Å². The lowest BCUT2D eigenvalue weighted by molar-refractivity contribution is -0.387. The van der Waals surface area contributed by atoms with E-state index in [0.29, 0.717) is 22.1 Å². The lowest BCUT2D eigenvalue weighted by Crippen LogP contribution is -2.35. The maximum Gasteiger partial charge on any atom is 0.289 e. The highest BCUT2D eigenvalue weighted by Crippen LogP contribution is 2.33. The van der Waals surface area contributed by atoms with Crippen LogP contribution in [0.4, 0.5) is 10.8 Å². The van der Waals surface area contributed by atoms with E-state index in [4.69, 9.17) is 0 Å². The molecule has 0 radical (unpaired) electrons. The minimum atomic E-state index is -4.07. The Balaban J connectivity index is 1.56. The number of nitro groups is 1. The van der Waals surface area contributed by atoms with Crippen LogP contribution in [0.15, 0.2) is 47.8 Å². The number of hydrogen-bond donors (Lipinski definition) is 1. The Bertz CT molecular complexity index is 1230. The Hall–Kier alpha value is -3.29. The standard InChI is InChI=1S/C17H14N6O5S2/c24-16(12-9-18-6-7-19-12)21-17-20-11-5-8-22(10-14(11)29-17)30(27,28)15-4-2-1-3-13(15)23(25)26/h1-4,6-7,9H,5,8,10H2,(H,20,21,24). The molecule has 0 bridgehead atoms. The van der Waals surface area contributed by atoms with E-state index in [0.717, 1.165) is 17.4 Å². The molecule has 0 unspecified atom stereocenters. The molecule has 1 aliphatic rings. The van der Waals surface area contributed by atoms with Gasteiger partial charge in [0.25, 0.3) is 11.6 Å². The molecule has 11 nitrogen and oxygen atoms in total. The molecule has 0 fully saturated rings. The summed E-state index contributed by atoms with van der Waals surface area (Å²) in [6, 6.07) is 5.25. The normalized spacial score (nSPS) is 14.1. The summed E-state index contributed by atoms with van der Waals surface area (Å²) in [4.78, 5) is 35.2. The molecule has 0 saturated heterocycles. The van der Waals surface area contributed by atoms with Crippen molar-refractivity contribution in [1.82, 2.24) is 19.3 Å². The van der Waals surface area contributed by atoms with Gasteiger partial charge in [0.1, 0.15) is 5.69 Å². The third-order valence-corrected chi connectivity index (χ3v) is 7.28. The molecule has 1 aliphatic heterocycles. The number of rotatable bonds is 5. The van der Waals surface area contributed by atoms with E-state index in [1.54, 1.807) is 0 Å². The number of hydrogen-bond acceptors (Lipinski definition) is 9. The van der Waals surface area contributed by atoms with Crippen LogP contribution >= 0.6 is 11.3 Å². The first-order valence-corrected chi connectivity index (χ1v) is 10.9. The van der Waals surface area contributed by atoms with Crippen molar-refractivity contribution in [3.8, 4) is 0 Å². The second kappa shape index (κ2) is 7.85. The van der Waals surface area contributed by atoms with Crippen molar-refractivity contribution in [3.63, 3.8) is 0 Å². The van der Waals surface area contributed by atoms with Gasteiger partial charge >= 0.3 is 0 Å². The second-order valence-corrected chi connectivity index (χ2v) is 9.24. The first kappa shape index (κ1) is 20.0. The minimum Gasteiger partial charge on any atom is -0.296 e. The van der Waals surface area contributed by atoms with E-state index >= 15 is 0 Å². The average Bonchev–Trinajstić information content (AvgIpc) is 3.15. The number of carbonyl (C=O) groups excluding carboxylic acids is 1. The number of sulfonamides is 1. The van der Waals surface area contributed by atoms with Gasteiger partial charge in [0, 0.05) is 36.3 Å². The van der Waals surface area contributed by atoms with Gasteiger partial charge in [-0.15, -0.1) is 11.3 Å². The van der Waals surface area contributed by atoms with Crippen LogP contribution in [0.25, 0.3) is 0 Å². The fraction of sp³-hybridized carbons (Fsp3) is 0.176. The summed E-state index contributed by atoms with van der Waals surface area (Å²) in [6.07, 6.45) is 4.49. The lowest BCUT2D eigenvalue weighted by atomic mass is 10.2. The smallest absolute Gasteiger partial charge is 0.289 e. The predicted octanol–water partition coefficient (Wildman–Crippen LogP) is 1.84. The molecule has 3 heterocycles. The molecule has 154 valence electrons. The SMILES string of the molecule is O=C(Nc1nc2c(s1)CN(S(=O)(=O)c1ccccc1[N+](=O)[O-])CC2)c1cnccn1. The molecule has 0 spiro atoms. The third kappa shape index (κ3) is 3.77. The number of nitrogens with one attached hydrogen (secondary N) is 1. The van der Waals surface area contributed by atoms with Gasteiger partial charge in [-0.2, -0.15) is 4.31 Å². The van der Waals surface area contributed by atoms with Crippen LogP contribution in [-0.2, 0) is 23.0 Å². The van der Waals surface area contributed by atoms with Crippen LogP contribution in [0.3, 0.4) is 0 Å². The van der Waals surface area contributed by atoms with Crippen molar-refractivity contribution in [2.45, 2.75) is 17.9 Å². The molecule has 13 heteroatoms. The van der Waals surface area contributed by atoms with Gasteiger partial charge < -0.3 is 0 Å². The molecule has 1 N–H and O–H groups in total. The first-order chi connectivity index (χ1) is 14.4. The predicted molar refractivity (Wildman–Crippen MR) is 106 cm³/mol. The van der Waals surface area contributed by atoms with Crippen LogP contribution < -0.4 is 5.32 Å². The number of fused-ring (bicyclic) bond motifs is 1. The van der Waals surface area contributed by atoms with Crippen LogP contribution in [0.1, 0.15) is 21.1 Å². The highest BCUT2D eigenvalue weighted by molar-refractivity contribution is 7.89. The Labute approximate surface area is 174 Å². The molecule has 1 aromatic carbocycles. The van der Waals surface area contributed by atoms with E-state index in [1.807, 2.05) is 0 Å². The van der Waals surface area contributed by atoms with Crippen LogP contribution in [0.5, 0.6) is 0 Å². The van der Waals surface area contributed by atoms with Crippen LogP contribution in [0.2, 0.25) is 0 Å². The number of thiazole rings is 1. The maximum atomic E-state index is 13.0. The van der Waals surface area contributed by atoms with Gasteiger partial charge in [-0.1, -0.05) is 12.1 Å². The van der Waals surface area contributed by atoms with Gasteiger partial charge in [-0.3, -0.25) is 25.2 Å². The van der Waals surface area contributed by atoms with E-state index < -0.39 is 26.5 Å². The van der Waals surface area contributed by atoms with Crippen molar-refractivity contribution in [2.24, 2.45) is 0 Å². The summed E-state index contributed by atoms with van der Waals surface area (Å²) in [5.74, 6) is -0.474. The quantitative estimate of drug-likeness (QED) is 0.461. The first-order valence-electron chi connectivity index (χ1n) is 8.66. The minimum absolute atomic E-state index is 0.0163. The van der Waals surface area contributed by atoms with Gasteiger partial charge in [0.05, 0.1) is 23.4 Å². The summed E-state index contributed by atoms with van der Waals surface area (Å²) < 4.78 is 27.2. The summed E-state index contributed by atoms with van der Waals surface area (Å²) in [5.41, 5.74) is 0.347. The summed E-state index contributed by atoms with van der Waals surface area (Å²) in [6.45, 7) is 0.144. The molecule has 4 rings (SSSR count). The van der Waals surface area contributed by atoms with Gasteiger partial charge in [-0.05, 0) is 6.07 Å². The van der Waals surface area contributed by atoms with Gasteiger partial charge in [0.2, 0.25) is 10.0 Å². The molecule has 0 saturated carbocycles. The molecule has 0 aliphatic carbocycles. The Kier molecular flexibility index (Phi) is 5.24. The molecular weight excluding hydrogens is 432 g/mol. The Morgan fingerprint density at radius 1 is 1.27 bits per heavy atom. The number of para-hydroxylation sites is 1. The summed E-state index contributed by atoms with van der Waals surface area (Å²) in [5, 5.41) is 14.2. The largest absolute Gasteiger partial charge is 0.296 e.